The van der Waals surface area contributed by atoms with Crippen molar-refractivity contribution in [1.29, 1.82) is 0 Å². The molecule has 0 fully saturated rings. The summed E-state index contributed by atoms with van der Waals surface area (Å²) in [7, 11) is 0. The second-order valence-corrected chi connectivity index (χ2v) is 6.92. The molecular weight excluding hydrogens is 359 g/mol. The van der Waals surface area contributed by atoms with Crippen LogP contribution in [0.25, 0.3) is 10.9 Å². The van der Waals surface area contributed by atoms with Gasteiger partial charge >= 0.3 is 0 Å². The third-order valence-corrected chi connectivity index (χ3v) is 5.17. The van der Waals surface area contributed by atoms with E-state index in [1.807, 2.05) is 6.20 Å². The molecule has 4 rings (SSSR count). The predicted octanol–water partition coefficient (Wildman–Crippen LogP) is 2.26. The maximum atomic E-state index is 13.5. The van der Waals surface area contributed by atoms with Gasteiger partial charge in [0.05, 0.1) is 5.02 Å². The number of aryl methyl sites for hydroxylation is 2. The van der Waals surface area contributed by atoms with Crippen molar-refractivity contribution in [2.24, 2.45) is 5.92 Å². The van der Waals surface area contributed by atoms with Crippen molar-refractivity contribution < 1.29 is 9.18 Å². The number of benzene rings is 1. The minimum Gasteiger partial charge on any atom is -0.361 e. The summed E-state index contributed by atoms with van der Waals surface area (Å²) in [6.45, 7) is 1.18. The van der Waals surface area contributed by atoms with E-state index in [4.69, 9.17) is 11.6 Å². The van der Waals surface area contributed by atoms with Crippen molar-refractivity contribution in [3.8, 4) is 0 Å². The number of fused-ring (bicyclic) bond motifs is 2. The Morgan fingerprint density at radius 1 is 1.42 bits per heavy atom. The van der Waals surface area contributed by atoms with Crippen molar-refractivity contribution in [3.05, 3.63) is 40.6 Å². The maximum absolute atomic E-state index is 13.5. The highest BCUT2D eigenvalue weighted by Gasteiger charge is 2.23. The second kappa shape index (κ2) is 7.03. The summed E-state index contributed by atoms with van der Waals surface area (Å²) in [5, 5.41) is 15.5. The molecule has 26 heavy (non-hydrogen) atoms. The monoisotopic (exact) mass is 376 g/mol. The number of aromatic amines is 1. The van der Waals surface area contributed by atoms with Crippen molar-refractivity contribution >= 4 is 28.4 Å². The summed E-state index contributed by atoms with van der Waals surface area (Å²) in [6.07, 6.45) is 4.65. The van der Waals surface area contributed by atoms with Gasteiger partial charge < -0.3 is 10.3 Å². The van der Waals surface area contributed by atoms with Crippen LogP contribution < -0.4 is 5.32 Å². The van der Waals surface area contributed by atoms with Gasteiger partial charge in [0.25, 0.3) is 0 Å². The molecule has 1 amide bonds. The highest BCUT2D eigenvalue weighted by Crippen LogP contribution is 2.25. The molecule has 136 valence electrons. The Morgan fingerprint density at radius 2 is 2.31 bits per heavy atom. The molecule has 1 aliphatic rings. The lowest BCUT2D eigenvalue weighted by atomic mass is 9.99. The number of amides is 1. The first-order valence-corrected chi connectivity index (χ1v) is 8.97. The third-order valence-electron chi connectivity index (χ3n) is 4.88. The fraction of sp³-hybridized carbons (Fsp3) is 0.412. The maximum Gasteiger partial charge on any atom is 0.223 e. The summed E-state index contributed by atoms with van der Waals surface area (Å²) in [4.78, 5) is 15.5. The van der Waals surface area contributed by atoms with Crippen LogP contribution in [0.4, 0.5) is 4.39 Å². The van der Waals surface area contributed by atoms with E-state index in [0.29, 0.717) is 31.4 Å². The fourth-order valence-corrected chi connectivity index (χ4v) is 3.57. The van der Waals surface area contributed by atoms with Crippen LogP contribution >= 0.6 is 11.6 Å². The first-order chi connectivity index (χ1) is 12.6. The number of hydrogen-bond donors (Lipinski definition) is 2. The lowest BCUT2D eigenvalue weighted by Crippen LogP contribution is -2.32. The molecule has 0 saturated carbocycles. The highest BCUT2D eigenvalue weighted by atomic mass is 35.5. The number of nitrogens with zero attached hydrogens (tertiary/aromatic N) is 4. The topological polar surface area (TPSA) is 88.5 Å². The number of carbonyl (C=O) groups excluding carboxylic acids is 1. The van der Waals surface area contributed by atoms with Gasteiger partial charge in [-0.1, -0.05) is 11.6 Å². The van der Waals surface area contributed by atoms with Crippen LogP contribution in [-0.2, 0) is 24.2 Å². The Labute approximate surface area is 153 Å². The van der Waals surface area contributed by atoms with E-state index in [1.165, 1.54) is 6.07 Å². The van der Waals surface area contributed by atoms with E-state index < -0.39 is 5.82 Å². The molecule has 0 radical (unpaired) electrons. The number of nitrogens with one attached hydrogen (secondary N) is 2. The van der Waals surface area contributed by atoms with Crippen molar-refractivity contribution in [1.82, 2.24) is 30.5 Å². The van der Waals surface area contributed by atoms with Crippen LogP contribution in [0, 0.1) is 11.7 Å². The molecule has 2 aromatic heterocycles. The first-order valence-electron chi connectivity index (χ1n) is 8.59. The molecule has 0 spiro atoms. The second-order valence-electron chi connectivity index (χ2n) is 6.51. The number of H-pyrrole nitrogens is 1. The average Bonchev–Trinajstić information content (AvgIpc) is 3.17. The number of hydrogen-bond acceptors (Lipinski definition) is 4. The van der Waals surface area contributed by atoms with E-state index in [1.54, 1.807) is 10.7 Å². The summed E-state index contributed by atoms with van der Waals surface area (Å²) in [5.41, 5.74) is 1.70. The number of tetrazole rings is 1. The Hall–Kier alpha value is -2.48. The molecule has 0 aliphatic carbocycles. The van der Waals surface area contributed by atoms with E-state index in [2.05, 4.69) is 25.8 Å². The quantitative estimate of drug-likeness (QED) is 0.731. The zero-order valence-electron chi connectivity index (χ0n) is 14.0. The molecule has 3 aromatic rings. The molecule has 1 aromatic carbocycles. The lowest BCUT2D eigenvalue weighted by Gasteiger charge is -2.13. The minimum atomic E-state index is -0.445. The van der Waals surface area contributed by atoms with Gasteiger partial charge in [-0.3, -0.25) is 4.79 Å². The number of carbonyl (C=O) groups is 1. The molecule has 2 N–H and O–H groups in total. The standard InChI is InChI=1S/C17H18ClFN6O/c18-13-7-12-11(9-21-15(12)8-14(13)19)3-5-20-17(26)10-1-2-16-22-23-24-25(16)6-4-10/h7-10,21H,1-6H2,(H,20,26)/t10-/m0/s1. The highest BCUT2D eigenvalue weighted by molar-refractivity contribution is 6.31. The smallest absolute Gasteiger partial charge is 0.223 e. The molecule has 3 heterocycles. The Balaban J connectivity index is 1.34. The van der Waals surface area contributed by atoms with Gasteiger partial charge in [0.15, 0.2) is 5.82 Å². The van der Waals surface area contributed by atoms with Crippen molar-refractivity contribution in [2.75, 3.05) is 6.54 Å². The molecule has 0 unspecified atom stereocenters. The third kappa shape index (κ3) is 3.29. The molecule has 0 bridgehead atoms. The van der Waals surface area contributed by atoms with Crippen LogP contribution in [0.15, 0.2) is 18.3 Å². The van der Waals surface area contributed by atoms with Gasteiger partial charge in [-0.25, -0.2) is 9.07 Å². The van der Waals surface area contributed by atoms with Gasteiger partial charge in [-0.05, 0) is 47.4 Å². The van der Waals surface area contributed by atoms with Gasteiger partial charge in [-0.2, -0.15) is 0 Å². The molecule has 1 atom stereocenters. The van der Waals surface area contributed by atoms with Crippen LogP contribution in [0.1, 0.15) is 24.2 Å². The zero-order chi connectivity index (χ0) is 18.1. The molecule has 0 saturated heterocycles. The largest absolute Gasteiger partial charge is 0.361 e. The molecular formula is C17H18ClFN6O. The Kier molecular flexibility index (Phi) is 4.58. The normalized spacial score (nSPS) is 17.1. The molecule has 9 heteroatoms. The lowest BCUT2D eigenvalue weighted by molar-refractivity contribution is -0.125. The van der Waals surface area contributed by atoms with Gasteiger partial charge in [-0.15, -0.1) is 5.10 Å². The SMILES string of the molecule is O=C(NCCc1c[nH]c2cc(F)c(Cl)cc12)[C@H]1CCc2nnnn2CC1. The molecule has 7 nitrogen and oxygen atoms in total. The minimum absolute atomic E-state index is 0.0487. The van der Waals surface area contributed by atoms with Gasteiger partial charge in [0, 0.05) is 42.5 Å². The summed E-state index contributed by atoms with van der Waals surface area (Å²) in [5.74, 6) is 0.389. The van der Waals surface area contributed by atoms with Gasteiger partial charge in [0.2, 0.25) is 5.91 Å². The van der Waals surface area contributed by atoms with Crippen molar-refractivity contribution in [3.63, 3.8) is 0 Å². The number of rotatable bonds is 4. The van der Waals surface area contributed by atoms with E-state index in [9.17, 15) is 9.18 Å². The number of aromatic nitrogens is 5. The van der Waals surface area contributed by atoms with E-state index in [-0.39, 0.29) is 16.8 Å². The van der Waals surface area contributed by atoms with Crippen LogP contribution in [0.2, 0.25) is 5.02 Å². The fourth-order valence-electron chi connectivity index (χ4n) is 3.41. The van der Waals surface area contributed by atoms with E-state index in [0.717, 1.165) is 29.6 Å². The summed E-state index contributed by atoms with van der Waals surface area (Å²) >= 11 is 5.87. The van der Waals surface area contributed by atoms with E-state index >= 15 is 0 Å². The first kappa shape index (κ1) is 17.0. The van der Waals surface area contributed by atoms with Crippen LogP contribution in [0.3, 0.4) is 0 Å². The van der Waals surface area contributed by atoms with Crippen molar-refractivity contribution in [2.45, 2.75) is 32.2 Å². The van der Waals surface area contributed by atoms with Crippen LogP contribution in [-0.4, -0.2) is 37.6 Å². The van der Waals surface area contributed by atoms with Gasteiger partial charge in [0.1, 0.15) is 5.82 Å². The predicted molar refractivity (Wildman–Crippen MR) is 94.2 cm³/mol. The Morgan fingerprint density at radius 3 is 3.19 bits per heavy atom. The zero-order valence-corrected chi connectivity index (χ0v) is 14.8. The Bertz CT molecular complexity index is 930. The van der Waals surface area contributed by atoms with Crippen LogP contribution in [0.5, 0.6) is 0 Å². The summed E-state index contributed by atoms with van der Waals surface area (Å²) < 4.78 is 15.3. The average molecular weight is 377 g/mol. The number of halogens is 2. The summed E-state index contributed by atoms with van der Waals surface area (Å²) in [6, 6.07) is 3.01. The molecule has 1 aliphatic heterocycles.